The van der Waals surface area contributed by atoms with E-state index in [1.807, 2.05) is 0 Å². The Bertz CT molecular complexity index is 535. The maximum atomic E-state index is 12.4. The molecule has 2 N–H and O–H groups in total. The van der Waals surface area contributed by atoms with Gasteiger partial charge in [-0.3, -0.25) is 0 Å². The standard InChI is InChI=1S/C11H15BrN2O3S/c1-14(9-6-13-7-10(9)15)18(16,17)11-5-3-2-4-8(11)12/h2-5,9-10,13,15H,6-7H2,1H3/t9-,10-/m0/s1. The summed E-state index contributed by atoms with van der Waals surface area (Å²) in [6.45, 7) is 0.877. The normalized spacial score (nSPS) is 24.7. The van der Waals surface area contributed by atoms with Crippen LogP contribution in [0.15, 0.2) is 33.6 Å². The second-order valence-corrected chi connectivity index (χ2v) is 7.06. The lowest BCUT2D eigenvalue weighted by molar-refractivity contribution is 0.136. The Balaban J connectivity index is 2.34. The van der Waals surface area contributed by atoms with Crippen LogP contribution in [-0.2, 0) is 10.0 Å². The van der Waals surface area contributed by atoms with Crippen LogP contribution in [0.1, 0.15) is 0 Å². The van der Waals surface area contributed by atoms with Crippen LogP contribution < -0.4 is 5.32 Å². The molecule has 0 spiro atoms. The molecule has 0 saturated carbocycles. The monoisotopic (exact) mass is 334 g/mol. The fraction of sp³-hybridized carbons (Fsp3) is 0.455. The maximum Gasteiger partial charge on any atom is 0.244 e. The molecule has 0 unspecified atom stereocenters. The highest BCUT2D eigenvalue weighted by Gasteiger charge is 2.36. The SMILES string of the molecule is CN([C@H]1CNC[C@@H]1O)S(=O)(=O)c1ccccc1Br. The van der Waals surface area contributed by atoms with E-state index in [-0.39, 0.29) is 4.90 Å². The van der Waals surface area contributed by atoms with E-state index in [0.29, 0.717) is 17.6 Å². The number of sulfonamides is 1. The van der Waals surface area contributed by atoms with Gasteiger partial charge in [0, 0.05) is 24.6 Å². The molecule has 1 aromatic rings. The molecule has 1 saturated heterocycles. The first-order chi connectivity index (χ1) is 8.44. The van der Waals surface area contributed by atoms with E-state index in [9.17, 15) is 13.5 Å². The van der Waals surface area contributed by atoms with Gasteiger partial charge in [-0.25, -0.2) is 8.42 Å². The fourth-order valence-electron chi connectivity index (χ4n) is 2.01. The molecular formula is C11H15BrN2O3S. The number of nitrogens with zero attached hydrogens (tertiary/aromatic N) is 1. The van der Waals surface area contributed by atoms with Gasteiger partial charge < -0.3 is 10.4 Å². The van der Waals surface area contributed by atoms with Crippen molar-refractivity contribution in [2.75, 3.05) is 20.1 Å². The number of likely N-dealkylation sites (N-methyl/N-ethyl adjacent to an activating group) is 1. The Hall–Kier alpha value is -0.470. The van der Waals surface area contributed by atoms with Crippen molar-refractivity contribution in [2.45, 2.75) is 17.0 Å². The Morgan fingerprint density at radius 1 is 1.39 bits per heavy atom. The van der Waals surface area contributed by atoms with E-state index in [1.54, 1.807) is 24.3 Å². The number of benzene rings is 1. The van der Waals surface area contributed by atoms with Crippen LogP contribution in [-0.4, -0.2) is 50.1 Å². The first kappa shape index (κ1) is 14.0. The number of aliphatic hydroxyl groups is 1. The average Bonchev–Trinajstić information content (AvgIpc) is 2.74. The Morgan fingerprint density at radius 2 is 2.06 bits per heavy atom. The third-order valence-corrected chi connectivity index (χ3v) is 6.01. The van der Waals surface area contributed by atoms with E-state index in [0.717, 1.165) is 0 Å². The van der Waals surface area contributed by atoms with Gasteiger partial charge in [-0.2, -0.15) is 4.31 Å². The molecule has 0 aromatic heterocycles. The predicted molar refractivity (Wildman–Crippen MR) is 71.8 cm³/mol. The molecule has 0 bridgehead atoms. The number of β-amino-alcohol motifs (C(OH)–C–C–N with tert-alkyl or cyclic N) is 1. The summed E-state index contributed by atoms with van der Waals surface area (Å²) in [6, 6.07) is 6.24. The van der Waals surface area contributed by atoms with Gasteiger partial charge in [-0.1, -0.05) is 12.1 Å². The summed E-state index contributed by atoms with van der Waals surface area (Å²) < 4.78 is 26.6. The highest BCUT2D eigenvalue weighted by atomic mass is 79.9. The molecule has 1 aromatic carbocycles. The summed E-state index contributed by atoms with van der Waals surface area (Å²) in [4.78, 5) is 0.214. The van der Waals surface area contributed by atoms with Crippen molar-refractivity contribution >= 4 is 26.0 Å². The van der Waals surface area contributed by atoms with Gasteiger partial charge >= 0.3 is 0 Å². The summed E-state index contributed by atoms with van der Waals surface area (Å²) in [5, 5.41) is 12.7. The minimum absolute atomic E-state index is 0.214. The summed E-state index contributed by atoms with van der Waals surface area (Å²) in [7, 11) is -2.10. The Labute approximate surface area is 115 Å². The van der Waals surface area contributed by atoms with Crippen LogP contribution >= 0.6 is 15.9 Å². The van der Waals surface area contributed by atoms with Crippen LogP contribution in [0.4, 0.5) is 0 Å². The zero-order chi connectivity index (χ0) is 13.3. The molecule has 2 rings (SSSR count). The number of hydrogen-bond acceptors (Lipinski definition) is 4. The van der Waals surface area contributed by atoms with Gasteiger partial charge in [0.2, 0.25) is 10.0 Å². The molecule has 1 aliphatic heterocycles. The molecule has 7 heteroatoms. The lowest BCUT2D eigenvalue weighted by Gasteiger charge is -2.26. The van der Waals surface area contributed by atoms with E-state index in [4.69, 9.17) is 0 Å². The minimum Gasteiger partial charge on any atom is -0.390 e. The second-order valence-electron chi connectivity index (χ2n) is 4.24. The smallest absolute Gasteiger partial charge is 0.244 e. The molecular weight excluding hydrogens is 320 g/mol. The Morgan fingerprint density at radius 3 is 2.61 bits per heavy atom. The van der Waals surface area contributed by atoms with Gasteiger partial charge in [0.1, 0.15) is 0 Å². The highest BCUT2D eigenvalue weighted by Crippen LogP contribution is 2.26. The van der Waals surface area contributed by atoms with Crippen molar-refractivity contribution < 1.29 is 13.5 Å². The molecule has 100 valence electrons. The van der Waals surface area contributed by atoms with Crippen molar-refractivity contribution in [3.8, 4) is 0 Å². The van der Waals surface area contributed by atoms with Crippen molar-refractivity contribution in [1.82, 2.24) is 9.62 Å². The van der Waals surface area contributed by atoms with Crippen LogP contribution in [0, 0.1) is 0 Å². The first-order valence-electron chi connectivity index (χ1n) is 5.56. The number of rotatable bonds is 3. The van der Waals surface area contributed by atoms with E-state index in [2.05, 4.69) is 21.2 Å². The van der Waals surface area contributed by atoms with Crippen molar-refractivity contribution in [1.29, 1.82) is 0 Å². The molecule has 2 atom stereocenters. The van der Waals surface area contributed by atoms with E-state index in [1.165, 1.54) is 11.4 Å². The molecule has 1 aliphatic rings. The lowest BCUT2D eigenvalue weighted by atomic mass is 10.2. The summed E-state index contributed by atoms with van der Waals surface area (Å²) in [5.41, 5.74) is 0. The summed E-state index contributed by atoms with van der Waals surface area (Å²) >= 11 is 3.24. The van der Waals surface area contributed by atoms with Crippen LogP contribution in [0.5, 0.6) is 0 Å². The van der Waals surface area contributed by atoms with Gasteiger partial charge in [0.25, 0.3) is 0 Å². The summed E-state index contributed by atoms with van der Waals surface area (Å²) in [5.74, 6) is 0. The molecule has 0 aliphatic carbocycles. The lowest BCUT2D eigenvalue weighted by Crippen LogP contribution is -2.44. The molecule has 1 heterocycles. The molecule has 0 radical (unpaired) electrons. The third-order valence-electron chi connectivity index (χ3n) is 3.11. The van der Waals surface area contributed by atoms with Crippen LogP contribution in [0.2, 0.25) is 0 Å². The fourth-order valence-corrected chi connectivity index (χ4v) is 4.35. The van der Waals surface area contributed by atoms with Gasteiger partial charge in [0.15, 0.2) is 0 Å². The largest absolute Gasteiger partial charge is 0.390 e. The van der Waals surface area contributed by atoms with Crippen molar-refractivity contribution in [3.63, 3.8) is 0 Å². The Kier molecular flexibility index (Phi) is 4.08. The van der Waals surface area contributed by atoms with E-state index < -0.39 is 22.2 Å². The average molecular weight is 335 g/mol. The number of hydrogen-bond donors (Lipinski definition) is 2. The molecule has 0 amide bonds. The van der Waals surface area contributed by atoms with Crippen molar-refractivity contribution in [3.05, 3.63) is 28.7 Å². The van der Waals surface area contributed by atoms with Crippen molar-refractivity contribution in [2.24, 2.45) is 0 Å². The number of halogens is 1. The van der Waals surface area contributed by atoms with Crippen LogP contribution in [0.3, 0.4) is 0 Å². The minimum atomic E-state index is -3.60. The quantitative estimate of drug-likeness (QED) is 0.839. The predicted octanol–water partition coefficient (Wildman–Crippen LogP) is 0.402. The maximum absolute atomic E-state index is 12.4. The molecule has 18 heavy (non-hydrogen) atoms. The number of aliphatic hydroxyl groups excluding tert-OH is 1. The topological polar surface area (TPSA) is 69.6 Å². The zero-order valence-electron chi connectivity index (χ0n) is 9.88. The summed E-state index contributed by atoms with van der Waals surface area (Å²) in [6.07, 6.45) is -0.674. The van der Waals surface area contributed by atoms with Gasteiger partial charge in [-0.15, -0.1) is 0 Å². The van der Waals surface area contributed by atoms with E-state index >= 15 is 0 Å². The first-order valence-corrected chi connectivity index (χ1v) is 7.79. The van der Waals surface area contributed by atoms with Gasteiger partial charge in [-0.05, 0) is 28.1 Å². The second kappa shape index (κ2) is 5.26. The zero-order valence-corrected chi connectivity index (χ0v) is 12.3. The highest BCUT2D eigenvalue weighted by molar-refractivity contribution is 9.10. The molecule has 5 nitrogen and oxygen atoms in total. The van der Waals surface area contributed by atoms with Gasteiger partial charge in [0.05, 0.1) is 17.0 Å². The third kappa shape index (κ3) is 2.46. The number of nitrogens with one attached hydrogen (secondary N) is 1. The molecule has 1 fully saturated rings. The van der Waals surface area contributed by atoms with Crippen LogP contribution in [0.25, 0.3) is 0 Å².